The van der Waals surface area contributed by atoms with E-state index < -0.39 is 0 Å². The number of nitrogens with zero attached hydrogens (tertiary/aromatic N) is 2. The summed E-state index contributed by atoms with van der Waals surface area (Å²) in [7, 11) is 7.98. The van der Waals surface area contributed by atoms with Crippen LogP contribution in [0.1, 0.15) is 0 Å². The summed E-state index contributed by atoms with van der Waals surface area (Å²) >= 11 is 0. The normalized spacial score (nSPS) is 12.5. The molecular weight excluding hydrogens is 325 g/mol. The van der Waals surface area contributed by atoms with Crippen LogP contribution in [-0.2, 0) is 0 Å². The Morgan fingerprint density at radius 1 is 0.704 bits per heavy atom. The fraction of sp³-hybridized carbons (Fsp3) is 0. The summed E-state index contributed by atoms with van der Waals surface area (Å²) < 4.78 is 0. The van der Waals surface area contributed by atoms with Crippen molar-refractivity contribution in [1.82, 2.24) is 9.97 Å². The molecule has 0 aliphatic carbocycles. The first-order valence-electron chi connectivity index (χ1n) is 9.11. The Labute approximate surface area is 159 Å². The summed E-state index contributed by atoms with van der Waals surface area (Å²) in [6, 6.07) is 21.3. The van der Waals surface area contributed by atoms with Crippen LogP contribution in [0.2, 0.25) is 0 Å². The quantitative estimate of drug-likeness (QED) is 0.347. The van der Waals surface area contributed by atoms with Gasteiger partial charge >= 0.3 is 0 Å². The summed E-state index contributed by atoms with van der Waals surface area (Å²) in [6.07, 6.45) is 3.68. The SMILES string of the molecule is [B][B]B1c2ccccc2-c2ccc3c4cccnc4c4ncccc4c3c21. The molecule has 2 aromatic heterocycles. The molecule has 0 fully saturated rings. The second kappa shape index (κ2) is 5.47. The van der Waals surface area contributed by atoms with Gasteiger partial charge in [0.1, 0.15) is 0 Å². The van der Waals surface area contributed by atoms with Crippen molar-refractivity contribution in [3.63, 3.8) is 0 Å². The largest absolute Gasteiger partial charge is 0.254 e. The third-order valence-corrected chi connectivity index (χ3v) is 5.73. The highest BCUT2D eigenvalue weighted by molar-refractivity contribution is 7.41. The van der Waals surface area contributed by atoms with Gasteiger partial charge in [-0.3, -0.25) is 9.97 Å². The van der Waals surface area contributed by atoms with Gasteiger partial charge in [-0.2, -0.15) is 0 Å². The van der Waals surface area contributed by atoms with E-state index in [1.165, 1.54) is 32.8 Å². The molecule has 3 heterocycles. The van der Waals surface area contributed by atoms with E-state index in [0.717, 1.165) is 21.8 Å². The van der Waals surface area contributed by atoms with Crippen LogP contribution in [0, 0.1) is 0 Å². The van der Waals surface area contributed by atoms with Crippen LogP contribution in [0.3, 0.4) is 0 Å². The van der Waals surface area contributed by atoms with Gasteiger partial charge in [0.05, 0.1) is 11.0 Å². The smallest absolute Gasteiger partial charge is 0.163 e. The first kappa shape index (κ1) is 15.0. The standard InChI is InChI=1S/C22H12B3N2/c23-24-25-18-8-2-1-5-13(18)15-10-9-14-16-6-3-11-26-21(16)22-17(7-4-12-27-22)19(14)20(15)25/h1-12H. The van der Waals surface area contributed by atoms with Crippen LogP contribution in [0.5, 0.6) is 0 Å². The Bertz CT molecular complexity index is 1350. The molecule has 1 aliphatic heterocycles. The minimum Gasteiger partial charge on any atom is -0.254 e. The van der Waals surface area contributed by atoms with E-state index in [9.17, 15) is 0 Å². The molecule has 0 spiro atoms. The van der Waals surface area contributed by atoms with E-state index in [1.54, 1.807) is 0 Å². The zero-order chi connectivity index (χ0) is 18.0. The van der Waals surface area contributed by atoms with Gasteiger partial charge in [0.25, 0.3) is 0 Å². The van der Waals surface area contributed by atoms with Gasteiger partial charge in [0.2, 0.25) is 0 Å². The second-order valence-corrected chi connectivity index (χ2v) is 7.01. The van der Waals surface area contributed by atoms with Crippen molar-refractivity contribution in [1.29, 1.82) is 0 Å². The Morgan fingerprint density at radius 2 is 1.44 bits per heavy atom. The predicted molar refractivity (Wildman–Crippen MR) is 117 cm³/mol. The predicted octanol–water partition coefficient (Wildman–Crippen LogP) is 2.81. The monoisotopic (exact) mass is 337 g/mol. The van der Waals surface area contributed by atoms with Gasteiger partial charge in [0.15, 0.2) is 6.60 Å². The maximum Gasteiger partial charge on any atom is 0.163 e. The van der Waals surface area contributed by atoms with Crippen molar-refractivity contribution in [3.05, 3.63) is 73.1 Å². The van der Waals surface area contributed by atoms with Gasteiger partial charge in [-0.15, -0.1) is 0 Å². The molecule has 3 radical (unpaired) electrons. The van der Waals surface area contributed by atoms with Gasteiger partial charge in [-0.25, -0.2) is 0 Å². The average Bonchev–Trinajstić information content (AvgIpc) is 3.07. The van der Waals surface area contributed by atoms with Crippen molar-refractivity contribution in [2.75, 3.05) is 0 Å². The third kappa shape index (κ3) is 1.89. The van der Waals surface area contributed by atoms with Gasteiger partial charge in [-0.05, 0) is 34.0 Å². The van der Waals surface area contributed by atoms with E-state index in [4.69, 9.17) is 7.74 Å². The minimum atomic E-state index is 0.0810. The summed E-state index contributed by atoms with van der Waals surface area (Å²) in [5, 5.41) is 4.71. The van der Waals surface area contributed by atoms with Gasteiger partial charge in [0, 0.05) is 38.0 Å². The van der Waals surface area contributed by atoms with E-state index in [-0.39, 0.29) is 6.60 Å². The highest BCUT2D eigenvalue weighted by Gasteiger charge is 2.32. The number of hydrogen-bond donors (Lipinski definition) is 0. The molecule has 119 valence electrons. The highest BCUT2D eigenvalue weighted by Crippen LogP contribution is 2.35. The Balaban J connectivity index is 1.90. The lowest BCUT2D eigenvalue weighted by Crippen LogP contribution is -2.44. The first-order chi connectivity index (χ1) is 13.4. The lowest BCUT2D eigenvalue weighted by Gasteiger charge is -2.15. The van der Waals surface area contributed by atoms with Crippen molar-refractivity contribution < 1.29 is 0 Å². The van der Waals surface area contributed by atoms with Crippen LogP contribution in [0.4, 0.5) is 0 Å². The molecular formula is C22H12B3N2. The summed E-state index contributed by atoms with van der Waals surface area (Å²) in [4.78, 5) is 9.32. The van der Waals surface area contributed by atoms with E-state index in [0.29, 0.717) is 0 Å². The number of benzene rings is 3. The minimum absolute atomic E-state index is 0.0810. The lowest BCUT2D eigenvalue weighted by atomic mass is 9.11. The fourth-order valence-electron chi connectivity index (χ4n) is 4.67. The maximum absolute atomic E-state index is 6.16. The molecule has 0 atom stereocenters. The highest BCUT2D eigenvalue weighted by atomic mass is 14.7. The molecule has 5 aromatic rings. The van der Waals surface area contributed by atoms with Crippen molar-refractivity contribution >= 4 is 64.9 Å². The van der Waals surface area contributed by atoms with Crippen LogP contribution in [-0.4, -0.2) is 31.4 Å². The molecule has 1 aliphatic rings. The summed E-state index contributed by atoms with van der Waals surface area (Å²) in [5.74, 6) is 0. The number of aromatic nitrogens is 2. The number of pyridine rings is 2. The Hall–Kier alpha value is -3.07. The lowest BCUT2D eigenvalue weighted by molar-refractivity contribution is 1.38. The van der Waals surface area contributed by atoms with Gasteiger partial charge < -0.3 is 0 Å². The van der Waals surface area contributed by atoms with Crippen LogP contribution >= 0.6 is 0 Å². The molecule has 0 saturated carbocycles. The number of rotatable bonds is 1. The summed E-state index contributed by atoms with van der Waals surface area (Å²) in [5.41, 5.74) is 6.97. The van der Waals surface area contributed by atoms with Crippen LogP contribution in [0.15, 0.2) is 73.1 Å². The fourth-order valence-corrected chi connectivity index (χ4v) is 4.67. The zero-order valence-electron chi connectivity index (χ0n) is 14.6. The van der Waals surface area contributed by atoms with E-state index in [2.05, 4.69) is 58.5 Å². The second-order valence-electron chi connectivity index (χ2n) is 7.01. The van der Waals surface area contributed by atoms with Gasteiger partial charge in [-0.1, -0.05) is 59.5 Å². The van der Waals surface area contributed by atoms with E-state index in [1.807, 2.05) is 31.6 Å². The van der Waals surface area contributed by atoms with Crippen molar-refractivity contribution in [3.8, 4) is 11.1 Å². The number of fused-ring (bicyclic) bond motifs is 10. The molecule has 3 aromatic carbocycles. The summed E-state index contributed by atoms with van der Waals surface area (Å²) in [6.45, 7) is 0.0810. The molecule has 6 rings (SSSR count). The Kier molecular flexibility index (Phi) is 3.04. The average molecular weight is 337 g/mol. The Morgan fingerprint density at radius 3 is 2.26 bits per heavy atom. The van der Waals surface area contributed by atoms with Crippen molar-refractivity contribution in [2.45, 2.75) is 0 Å². The molecule has 0 unspecified atom stereocenters. The number of hydrogen-bond acceptors (Lipinski definition) is 2. The maximum atomic E-state index is 6.16. The van der Waals surface area contributed by atoms with Crippen molar-refractivity contribution in [2.24, 2.45) is 0 Å². The third-order valence-electron chi connectivity index (χ3n) is 5.73. The molecule has 0 bridgehead atoms. The van der Waals surface area contributed by atoms with Crippen LogP contribution in [0.25, 0.3) is 43.7 Å². The molecule has 2 nitrogen and oxygen atoms in total. The van der Waals surface area contributed by atoms with Crippen LogP contribution < -0.4 is 10.9 Å². The van der Waals surface area contributed by atoms with E-state index >= 15 is 0 Å². The molecule has 27 heavy (non-hydrogen) atoms. The molecule has 0 saturated heterocycles. The molecule has 0 amide bonds. The first-order valence-corrected chi connectivity index (χ1v) is 9.11. The topological polar surface area (TPSA) is 25.8 Å². The molecule has 0 N–H and O–H groups in total. The zero-order valence-corrected chi connectivity index (χ0v) is 14.6. The molecule has 5 heteroatoms.